The van der Waals surface area contributed by atoms with Gasteiger partial charge in [-0.3, -0.25) is 9.78 Å². The zero-order valence-corrected chi connectivity index (χ0v) is 9.98. The standard InChI is InChI=1S/C9H9N7O4/c17-7-6(12-13-9(20)10-7)15-1-4(2-15)16-3-5(8(18)19)11-14-16/h3-4H,1-2H2,(H,18,19)(H2,10,13,17,20). The van der Waals surface area contributed by atoms with Crippen molar-refractivity contribution in [1.82, 2.24) is 30.2 Å². The fourth-order valence-corrected chi connectivity index (χ4v) is 1.90. The van der Waals surface area contributed by atoms with Crippen LogP contribution < -0.4 is 16.1 Å². The van der Waals surface area contributed by atoms with E-state index in [1.54, 1.807) is 4.90 Å². The molecule has 0 saturated carbocycles. The number of aromatic amines is 2. The van der Waals surface area contributed by atoms with Crippen molar-refractivity contribution in [2.45, 2.75) is 6.04 Å². The van der Waals surface area contributed by atoms with Gasteiger partial charge in [0.1, 0.15) is 0 Å². The lowest BCUT2D eigenvalue weighted by atomic mass is 10.1. The summed E-state index contributed by atoms with van der Waals surface area (Å²) in [5, 5.41) is 21.8. The topological polar surface area (TPSA) is 150 Å². The Labute approximate surface area is 109 Å². The first-order valence-electron chi connectivity index (χ1n) is 5.63. The van der Waals surface area contributed by atoms with Gasteiger partial charge in [-0.25, -0.2) is 19.4 Å². The number of nitrogens with zero attached hydrogens (tertiary/aromatic N) is 5. The van der Waals surface area contributed by atoms with Crippen molar-refractivity contribution in [2.75, 3.05) is 18.0 Å². The van der Waals surface area contributed by atoms with Crippen LogP contribution in [0.15, 0.2) is 15.8 Å². The molecule has 3 N–H and O–H groups in total. The number of H-pyrrole nitrogens is 2. The number of hydrogen-bond acceptors (Lipinski definition) is 7. The Balaban J connectivity index is 1.73. The molecule has 1 aliphatic rings. The van der Waals surface area contributed by atoms with Crippen LogP contribution in [-0.2, 0) is 0 Å². The maximum Gasteiger partial charge on any atom is 0.358 e. The molecule has 0 bridgehead atoms. The predicted molar refractivity (Wildman–Crippen MR) is 63.7 cm³/mol. The minimum atomic E-state index is -1.15. The lowest BCUT2D eigenvalue weighted by Crippen LogP contribution is -2.51. The number of hydrogen-bond donors (Lipinski definition) is 3. The maximum absolute atomic E-state index is 11.5. The van der Waals surface area contributed by atoms with Gasteiger partial charge in [-0.15, -0.1) is 10.2 Å². The van der Waals surface area contributed by atoms with Crippen LogP contribution in [0.1, 0.15) is 16.5 Å². The van der Waals surface area contributed by atoms with Crippen molar-refractivity contribution in [1.29, 1.82) is 0 Å². The molecule has 104 valence electrons. The van der Waals surface area contributed by atoms with E-state index < -0.39 is 17.2 Å². The van der Waals surface area contributed by atoms with E-state index in [1.165, 1.54) is 10.9 Å². The van der Waals surface area contributed by atoms with Gasteiger partial charge in [0.05, 0.1) is 12.2 Å². The quantitative estimate of drug-likeness (QED) is 0.573. The third-order valence-corrected chi connectivity index (χ3v) is 2.96. The first kappa shape index (κ1) is 12.1. The molecule has 0 aromatic carbocycles. The third kappa shape index (κ3) is 1.94. The molecular weight excluding hydrogens is 270 g/mol. The summed E-state index contributed by atoms with van der Waals surface area (Å²) in [6.07, 6.45) is 1.33. The van der Waals surface area contributed by atoms with E-state index in [4.69, 9.17) is 5.11 Å². The average molecular weight is 279 g/mol. The molecule has 20 heavy (non-hydrogen) atoms. The van der Waals surface area contributed by atoms with Gasteiger partial charge < -0.3 is 10.0 Å². The Morgan fingerprint density at radius 1 is 1.40 bits per heavy atom. The van der Waals surface area contributed by atoms with Crippen LogP contribution in [0.5, 0.6) is 0 Å². The zero-order chi connectivity index (χ0) is 14.3. The van der Waals surface area contributed by atoms with Gasteiger partial charge in [0.2, 0.25) is 5.82 Å². The Bertz CT molecular complexity index is 769. The molecule has 11 heteroatoms. The highest BCUT2D eigenvalue weighted by Crippen LogP contribution is 2.22. The van der Waals surface area contributed by atoms with E-state index in [0.29, 0.717) is 13.1 Å². The van der Waals surface area contributed by atoms with Crippen LogP contribution in [-0.4, -0.2) is 54.3 Å². The number of carboxylic acids is 1. The molecule has 11 nitrogen and oxygen atoms in total. The number of rotatable bonds is 3. The van der Waals surface area contributed by atoms with Gasteiger partial charge in [-0.05, 0) is 0 Å². The van der Waals surface area contributed by atoms with E-state index in [0.717, 1.165) is 0 Å². The van der Waals surface area contributed by atoms with E-state index in [2.05, 4.69) is 25.5 Å². The number of aromatic carboxylic acids is 1. The third-order valence-electron chi connectivity index (χ3n) is 2.96. The van der Waals surface area contributed by atoms with Crippen molar-refractivity contribution in [3.63, 3.8) is 0 Å². The van der Waals surface area contributed by atoms with Crippen LogP contribution in [0.3, 0.4) is 0 Å². The summed E-state index contributed by atoms with van der Waals surface area (Å²) in [6, 6.07) is -0.0938. The lowest BCUT2D eigenvalue weighted by molar-refractivity contribution is 0.0690. The smallest absolute Gasteiger partial charge is 0.358 e. The van der Waals surface area contributed by atoms with Crippen molar-refractivity contribution >= 4 is 11.8 Å². The summed E-state index contributed by atoms with van der Waals surface area (Å²) in [7, 11) is 0. The Morgan fingerprint density at radius 2 is 2.15 bits per heavy atom. The van der Waals surface area contributed by atoms with E-state index >= 15 is 0 Å². The van der Waals surface area contributed by atoms with Crippen molar-refractivity contribution in [3.8, 4) is 0 Å². The van der Waals surface area contributed by atoms with Crippen molar-refractivity contribution < 1.29 is 9.90 Å². The van der Waals surface area contributed by atoms with Crippen molar-refractivity contribution in [3.05, 3.63) is 32.7 Å². The van der Waals surface area contributed by atoms with E-state index in [9.17, 15) is 14.4 Å². The van der Waals surface area contributed by atoms with Gasteiger partial charge in [-0.1, -0.05) is 5.21 Å². The second kappa shape index (κ2) is 4.29. The number of nitrogens with one attached hydrogen (secondary N) is 2. The fraction of sp³-hybridized carbons (Fsp3) is 0.333. The monoisotopic (exact) mass is 279 g/mol. The molecule has 0 radical (unpaired) electrons. The summed E-state index contributed by atoms with van der Waals surface area (Å²) in [4.78, 5) is 36.8. The fourth-order valence-electron chi connectivity index (χ4n) is 1.90. The summed E-state index contributed by atoms with van der Waals surface area (Å²) in [6.45, 7) is 0.842. The first-order valence-corrected chi connectivity index (χ1v) is 5.63. The average Bonchev–Trinajstić information content (AvgIpc) is 2.79. The second-order valence-electron chi connectivity index (χ2n) is 4.28. The molecular formula is C9H9N7O4. The summed E-state index contributed by atoms with van der Waals surface area (Å²) in [5.74, 6) is -1.04. The van der Waals surface area contributed by atoms with Gasteiger partial charge in [0.15, 0.2) is 5.69 Å². The predicted octanol–water partition coefficient (Wildman–Crippen LogP) is -2.19. The highest BCUT2D eigenvalue weighted by molar-refractivity contribution is 5.84. The molecule has 2 aromatic heterocycles. The molecule has 2 aromatic rings. The molecule has 0 atom stereocenters. The molecule has 3 heterocycles. The first-order chi connectivity index (χ1) is 9.54. The lowest BCUT2D eigenvalue weighted by Gasteiger charge is -2.38. The van der Waals surface area contributed by atoms with Gasteiger partial charge in [0.25, 0.3) is 5.56 Å². The molecule has 0 spiro atoms. The van der Waals surface area contributed by atoms with Crippen LogP contribution >= 0.6 is 0 Å². The van der Waals surface area contributed by atoms with Crippen molar-refractivity contribution in [2.24, 2.45) is 0 Å². The Hall–Kier alpha value is -2.98. The molecule has 1 fully saturated rings. The molecule has 3 rings (SSSR count). The number of carboxylic acid groups (broad SMARTS) is 1. The van der Waals surface area contributed by atoms with Gasteiger partial charge >= 0.3 is 11.7 Å². The molecule has 1 aliphatic heterocycles. The minimum Gasteiger partial charge on any atom is -0.476 e. The van der Waals surface area contributed by atoms with Crippen LogP contribution in [0.4, 0.5) is 5.82 Å². The van der Waals surface area contributed by atoms with Gasteiger partial charge in [-0.2, -0.15) is 0 Å². The van der Waals surface area contributed by atoms with Gasteiger partial charge in [0, 0.05) is 13.1 Å². The molecule has 0 amide bonds. The number of anilines is 1. The SMILES string of the molecule is O=C(O)c1cn(C2CN(c3n[nH]c(=O)[nH]c3=O)C2)nn1. The summed E-state index contributed by atoms with van der Waals surface area (Å²) in [5.41, 5.74) is -1.38. The van der Waals surface area contributed by atoms with Crippen LogP contribution in [0.25, 0.3) is 0 Å². The minimum absolute atomic E-state index is 0.0938. The highest BCUT2D eigenvalue weighted by Gasteiger charge is 2.32. The molecule has 0 aliphatic carbocycles. The normalized spacial score (nSPS) is 15.1. The zero-order valence-electron chi connectivity index (χ0n) is 9.98. The molecule has 0 unspecified atom stereocenters. The Morgan fingerprint density at radius 3 is 2.75 bits per heavy atom. The maximum atomic E-state index is 11.5. The number of carbonyl (C=O) groups is 1. The van der Waals surface area contributed by atoms with Crippen LogP contribution in [0.2, 0.25) is 0 Å². The largest absolute Gasteiger partial charge is 0.476 e. The van der Waals surface area contributed by atoms with E-state index in [-0.39, 0.29) is 17.6 Å². The Kier molecular flexibility index (Phi) is 2.59. The number of aromatic nitrogens is 6. The van der Waals surface area contributed by atoms with E-state index in [1.807, 2.05) is 0 Å². The molecule has 1 saturated heterocycles. The summed E-state index contributed by atoms with van der Waals surface area (Å²) >= 11 is 0. The second-order valence-corrected chi connectivity index (χ2v) is 4.28. The summed E-state index contributed by atoms with van der Waals surface area (Å²) < 4.78 is 1.43. The van der Waals surface area contributed by atoms with Crippen LogP contribution in [0, 0.1) is 0 Å². The highest BCUT2D eigenvalue weighted by atomic mass is 16.4.